The second-order valence-corrected chi connectivity index (χ2v) is 6.22. The molecule has 0 fully saturated rings. The first kappa shape index (κ1) is 16.1. The molecule has 4 rings (SSSR count). The molecule has 0 saturated heterocycles. The van der Waals surface area contributed by atoms with Crippen molar-refractivity contribution in [1.29, 1.82) is 0 Å². The molecule has 0 unspecified atom stereocenters. The summed E-state index contributed by atoms with van der Waals surface area (Å²) in [7, 11) is 3.61. The molecular formula is C18H19N7O. The Hall–Kier alpha value is -3.42. The van der Waals surface area contributed by atoms with Gasteiger partial charge >= 0.3 is 0 Å². The number of carbonyl (C=O) groups is 1. The maximum atomic E-state index is 12.1. The molecule has 0 saturated carbocycles. The van der Waals surface area contributed by atoms with Crippen LogP contribution in [0.1, 0.15) is 21.9 Å². The molecule has 1 aliphatic heterocycles. The quantitative estimate of drug-likeness (QED) is 0.752. The monoisotopic (exact) mass is 349 g/mol. The van der Waals surface area contributed by atoms with Crippen molar-refractivity contribution >= 4 is 23.0 Å². The normalized spacial score (nSPS) is 12.3. The topological polar surface area (TPSA) is 88.0 Å². The minimum absolute atomic E-state index is 0.252. The summed E-state index contributed by atoms with van der Waals surface area (Å²) < 4.78 is 1.97. The summed E-state index contributed by atoms with van der Waals surface area (Å²) in [5.41, 5.74) is 5.87. The average molecular weight is 349 g/mol. The van der Waals surface area contributed by atoms with Gasteiger partial charge < -0.3 is 15.5 Å². The minimum atomic E-state index is -0.288. The standard InChI is InChI=1S/C18H19N7O/c1-11-9-12-10-24(3)17-14(5-4-6-15(17)25(12)23-11)21-13-7-8-20-22-16(13)18(26)19-2/h4-9H,10H2,1-3H3,(H,19,26)(H,20,21). The van der Waals surface area contributed by atoms with Gasteiger partial charge in [0.25, 0.3) is 5.91 Å². The minimum Gasteiger partial charge on any atom is -0.365 e. The molecule has 0 aliphatic carbocycles. The Bertz CT molecular complexity index is 995. The van der Waals surface area contributed by atoms with Crippen LogP contribution in [-0.2, 0) is 6.54 Å². The van der Waals surface area contributed by atoms with Crippen LogP contribution in [0, 0.1) is 6.92 Å². The fourth-order valence-corrected chi connectivity index (χ4v) is 3.26. The Balaban J connectivity index is 1.81. The lowest BCUT2D eigenvalue weighted by Gasteiger charge is -2.30. The molecule has 3 heterocycles. The van der Waals surface area contributed by atoms with Crippen LogP contribution in [0.2, 0.25) is 0 Å². The lowest BCUT2D eigenvalue weighted by atomic mass is 10.1. The highest BCUT2D eigenvalue weighted by atomic mass is 16.1. The zero-order chi connectivity index (χ0) is 18.3. The van der Waals surface area contributed by atoms with Gasteiger partial charge in [0.05, 0.1) is 46.9 Å². The fraction of sp³-hybridized carbons (Fsp3) is 0.222. The van der Waals surface area contributed by atoms with Crippen molar-refractivity contribution in [2.75, 3.05) is 24.3 Å². The van der Waals surface area contributed by atoms with Crippen molar-refractivity contribution in [3.63, 3.8) is 0 Å². The molecule has 26 heavy (non-hydrogen) atoms. The largest absolute Gasteiger partial charge is 0.365 e. The predicted octanol–water partition coefficient (Wildman–Crippen LogP) is 2.02. The van der Waals surface area contributed by atoms with E-state index in [1.165, 1.54) is 0 Å². The number of rotatable bonds is 3. The summed E-state index contributed by atoms with van der Waals surface area (Å²) in [5.74, 6) is -0.288. The summed E-state index contributed by atoms with van der Waals surface area (Å²) in [4.78, 5) is 14.2. The Kier molecular flexibility index (Phi) is 3.80. The number of fused-ring (bicyclic) bond motifs is 3. The van der Waals surface area contributed by atoms with Gasteiger partial charge in [-0.05, 0) is 31.2 Å². The van der Waals surface area contributed by atoms with E-state index in [2.05, 4.69) is 36.9 Å². The molecule has 132 valence electrons. The maximum Gasteiger partial charge on any atom is 0.273 e. The number of benzene rings is 1. The SMILES string of the molecule is CNC(=O)c1nnccc1Nc1cccc2c1N(C)Cc1cc(C)nn1-2. The zero-order valence-corrected chi connectivity index (χ0v) is 14.8. The predicted molar refractivity (Wildman–Crippen MR) is 99.1 cm³/mol. The van der Waals surface area contributed by atoms with Crippen LogP contribution in [0.4, 0.5) is 17.1 Å². The van der Waals surface area contributed by atoms with E-state index in [0.717, 1.165) is 35.0 Å². The number of amides is 1. The van der Waals surface area contributed by atoms with Gasteiger partial charge in [-0.15, -0.1) is 5.10 Å². The van der Waals surface area contributed by atoms with Crippen LogP contribution in [0.3, 0.4) is 0 Å². The van der Waals surface area contributed by atoms with Gasteiger partial charge in [-0.25, -0.2) is 4.68 Å². The van der Waals surface area contributed by atoms with E-state index in [1.54, 1.807) is 19.3 Å². The summed E-state index contributed by atoms with van der Waals surface area (Å²) in [6.45, 7) is 2.74. The first-order valence-electron chi connectivity index (χ1n) is 8.29. The summed E-state index contributed by atoms with van der Waals surface area (Å²) >= 11 is 0. The Labute approximate surface area is 150 Å². The number of nitrogens with one attached hydrogen (secondary N) is 2. The molecule has 2 N–H and O–H groups in total. The Morgan fingerprint density at radius 1 is 1.23 bits per heavy atom. The van der Waals surface area contributed by atoms with Crippen molar-refractivity contribution in [1.82, 2.24) is 25.3 Å². The second kappa shape index (κ2) is 6.14. The molecule has 1 aromatic carbocycles. The molecule has 3 aromatic rings. The van der Waals surface area contributed by atoms with Gasteiger partial charge in [0.2, 0.25) is 0 Å². The van der Waals surface area contributed by atoms with Crippen LogP contribution >= 0.6 is 0 Å². The third-order valence-electron chi connectivity index (χ3n) is 4.36. The lowest BCUT2D eigenvalue weighted by Crippen LogP contribution is -2.26. The molecule has 8 heteroatoms. The smallest absolute Gasteiger partial charge is 0.273 e. The van der Waals surface area contributed by atoms with Gasteiger partial charge in [-0.2, -0.15) is 10.2 Å². The highest BCUT2D eigenvalue weighted by Crippen LogP contribution is 2.38. The van der Waals surface area contributed by atoms with Crippen LogP contribution in [0.15, 0.2) is 36.5 Å². The number of para-hydroxylation sites is 1. The first-order chi connectivity index (χ1) is 12.6. The molecular weight excluding hydrogens is 330 g/mol. The summed E-state index contributed by atoms with van der Waals surface area (Å²) in [5, 5.41) is 18.3. The summed E-state index contributed by atoms with van der Waals surface area (Å²) in [6.07, 6.45) is 1.56. The molecule has 0 spiro atoms. The molecule has 8 nitrogen and oxygen atoms in total. The van der Waals surface area contributed by atoms with Crippen molar-refractivity contribution in [3.05, 3.63) is 53.6 Å². The van der Waals surface area contributed by atoms with E-state index in [0.29, 0.717) is 5.69 Å². The van der Waals surface area contributed by atoms with E-state index in [4.69, 9.17) is 0 Å². The van der Waals surface area contributed by atoms with Crippen LogP contribution < -0.4 is 15.5 Å². The van der Waals surface area contributed by atoms with Gasteiger partial charge in [-0.1, -0.05) is 6.07 Å². The number of hydrogen-bond donors (Lipinski definition) is 2. The van der Waals surface area contributed by atoms with E-state index >= 15 is 0 Å². The first-order valence-corrected chi connectivity index (χ1v) is 8.29. The third-order valence-corrected chi connectivity index (χ3v) is 4.36. The van der Waals surface area contributed by atoms with Crippen LogP contribution in [0.25, 0.3) is 5.69 Å². The highest BCUT2D eigenvalue weighted by Gasteiger charge is 2.24. The van der Waals surface area contributed by atoms with E-state index < -0.39 is 0 Å². The van der Waals surface area contributed by atoms with E-state index in [-0.39, 0.29) is 11.6 Å². The average Bonchev–Trinajstić information content (AvgIpc) is 3.02. The highest BCUT2D eigenvalue weighted by molar-refractivity contribution is 5.98. The maximum absolute atomic E-state index is 12.1. The molecule has 1 aliphatic rings. The summed E-state index contributed by atoms with van der Waals surface area (Å²) in [6, 6.07) is 9.82. The zero-order valence-electron chi connectivity index (χ0n) is 14.8. The molecule has 2 aromatic heterocycles. The number of aromatic nitrogens is 4. The fourth-order valence-electron chi connectivity index (χ4n) is 3.26. The van der Waals surface area contributed by atoms with Gasteiger partial charge in [0, 0.05) is 14.1 Å². The van der Waals surface area contributed by atoms with Crippen molar-refractivity contribution in [2.45, 2.75) is 13.5 Å². The third kappa shape index (κ3) is 2.55. The number of hydrogen-bond acceptors (Lipinski definition) is 6. The second-order valence-electron chi connectivity index (χ2n) is 6.22. The van der Waals surface area contributed by atoms with Gasteiger partial charge in [0.15, 0.2) is 5.69 Å². The number of anilines is 3. The van der Waals surface area contributed by atoms with Crippen molar-refractivity contribution in [2.24, 2.45) is 0 Å². The van der Waals surface area contributed by atoms with Gasteiger partial charge in [-0.3, -0.25) is 4.79 Å². The Morgan fingerprint density at radius 2 is 2.08 bits per heavy atom. The van der Waals surface area contributed by atoms with Crippen LogP contribution in [0.5, 0.6) is 0 Å². The molecule has 0 radical (unpaired) electrons. The number of carbonyl (C=O) groups excluding carboxylic acids is 1. The Morgan fingerprint density at radius 3 is 2.88 bits per heavy atom. The molecule has 0 atom stereocenters. The number of aryl methyl sites for hydroxylation is 1. The molecule has 1 amide bonds. The lowest BCUT2D eigenvalue weighted by molar-refractivity contribution is 0.0958. The van der Waals surface area contributed by atoms with Crippen molar-refractivity contribution in [3.8, 4) is 5.69 Å². The molecule has 0 bridgehead atoms. The van der Waals surface area contributed by atoms with E-state index in [9.17, 15) is 4.79 Å². The van der Waals surface area contributed by atoms with E-state index in [1.807, 2.05) is 36.9 Å². The van der Waals surface area contributed by atoms with Crippen molar-refractivity contribution < 1.29 is 4.79 Å². The van der Waals surface area contributed by atoms with Gasteiger partial charge in [0.1, 0.15) is 0 Å². The van der Waals surface area contributed by atoms with Crippen LogP contribution in [-0.4, -0.2) is 40.0 Å². The number of nitrogens with zero attached hydrogens (tertiary/aromatic N) is 5.